The molecular weight excluding hydrogens is 376 g/mol. The van der Waals surface area contributed by atoms with Gasteiger partial charge in [-0.1, -0.05) is 6.07 Å². The van der Waals surface area contributed by atoms with Crippen molar-refractivity contribution in [3.8, 4) is 22.8 Å². The van der Waals surface area contributed by atoms with Gasteiger partial charge in [0.15, 0.2) is 0 Å². The van der Waals surface area contributed by atoms with Crippen molar-refractivity contribution in [3.63, 3.8) is 0 Å². The van der Waals surface area contributed by atoms with E-state index in [1.807, 2.05) is 36.4 Å². The lowest BCUT2D eigenvalue weighted by Crippen LogP contribution is -1.92. The molecule has 5 rings (SSSR count). The number of nitrogens with one attached hydrogen (secondary N) is 2. The highest BCUT2D eigenvalue weighted by atomic mass is 16.5. The molecule has 2 aromatic carbocycles. The molecule has 0 atom stereocenters. The molecule has 0 saturated carbocycles. The van der Waals surface area contributed by atoms with Crippen LogP contribution in [0, 0.1) is 0 Å². The van der Waals surface area contributed by atoms with Gasteiger partial charge in [-0.05, 0) is 42.5 Å². The first-order valence-corrected chi connectivity index (χ1v) is 9.68. The summed E-state index contributed by atoms with van der Waals surface area (Å²) in [6.45, 7) is 0. The van der Waals surface area contributed by atoms with Gasteiger partial charge in [-0.3, -0.25) is 0 Å². The highest BCUT2D eigenvalue weighted by Crippen LogP contribution is 2.35. The van der Waals surface area contributed by atoms with Gasteiger partial charge in [-0.15, -0.1) is 0 Å². The van der Waals surface area contributed by atoms with Crippen LogP contribution in [0.1, 0.15) is 0 Å². The number of hydrogen-bond donors (Lipinski definition) is 2. The minimum absolute atomic E-state index is 0.810. The molecular formula is C24H22N4O2. The van der Waals surface area contributed by atoms with E-state index in [9.17, 15) is 0 Å². The Morgan fingerprint density at radius 3 is 2.60 bits per heavy atom. The summed E-state index contributed by atoms with van der Waals surface area (Å²) in [6.07, 6.45) is 3.93. The van der Waals surface area contributed by atoms with Gasteiger partial charge in [0.05, 0.1) is 19.9 Å². The van der Waals surface area contributed by atoms with Crippen molar-refractivity contribution in [1.29, 1.82) is 0 Å². The lowest BCUT2D eigenvalue weighted by atomic mass is 10.1. The summed E-state index contributed by atoms with van der Waals surface area (Å²) >= 11 is 0. The van der Waals surface area contributed by atoms with Gasteiger partial charge in [0.25, 0.3) is 0 Å². The number of aryl methyl sites for hydroxylation is 1. The van der Waals surface area contributed by atoms with Gasteiger partial charge in [0, 0.05) is 58.7 Å². The SMILES string of the molecule is COc1cccc(Nc2ccnc3[nH]c(-c4cn(C)c5ccc(OC)cc45)cc23)c1. The van der Waals surface area contributed by atoms with E-state index in [-0.39, 0.29) is 0 Å². The van der Waals surface area contributed by atoms with Crippen LogP contribution in [0.15, 0.2) is 67.0 Å². The van der Waals surface area contributed by atoms with Gasteiger partial charge in [-0.25, -0.2) is 4.98 Å². The first kappa shape index (κ1) is 18.1. The van der Waals surface area contributed by atoms with Crippen LogP contribution in [0.25, 0.3) is 33.2 Å². The Kier molecular flexibility index (Phi) is 4.32. The van der Waals surface area contributed by atoms with E-state index >= 15 is 0 Å². The fourth-order valence-electron chi connectivity index (χ4n) is 3.85. The number of benzene rings is 2. The van der Waals surface area contributed by atoms with E-state index in [2.05, 4.69) is 51.3 Å². The molecule has 0 aliphatic heterocycles. The molecule has 0 aliphatic rings. The van der Waals surface area contributed by atoms with Crippen LogP contribution < -0.4 is 14.8 Å². The van der Waals surface area contributed by atoms with Crippen molar-refractivity contribution in [2.45, 2.75) is 0 Å². The number of methoxy groups -OCH3 is 2. The second-order valence-corrected chi connectivity index (χ2v) is 7.20. The van der Waals surface area contributed by atoms with Crippen molar-refractivity contribution < 1.29 is 9.47 Å². The van der Waals surface area contributed by atoms with Crippen molar-refractivity contribution in [1.82, 2.24) is 14.5 Å². The molecule has 0 radical (unpaired) electrons. The van der Waals surface area contributed by atoms with Crippen LogP contribution >= 0.6 is 0 Å². The zero-order valence-corrected chi connectivity index (χ0v) is 17.1. The fourth-order valence-corrected chi connectivity index (χ4v) is 3.85. The molecule has 0 aliphatic carbocycles. The van der Waals surface area contributed by atoms with Crippen molar-refractivity contribution in [2.75, 3.05) is 19.5 Å². The maximum atomic E-state index is 5.43. The zero-order valence-electron chi connectivity index (χ0n) is 17.1. The molecule has 0 spiro atoms. The third-order valence-corrected chi connectivity index (χ3v) is 5.37. The minimum Gasteiger partial charge on any atom is -0.497 e. The number of aromatic nitrogens is 3. The topological polar surface area (TPSA) is 64.1 Å². The lowest BCUT2D eigenvalue weighted by Gasteiger charge is -2.08. The molecule has 5 aromatic rings. The van der Waals surface area contributed by atoms with E-state index in [4.69, 9.17) is 9.47 Å². The van der Waals surface area contributed by atoms with E-state index in [0.29, 0.717) is 0 Å². The third kappa shape index (κ3) is 3.03. The minimum atomic E-state index is 0.810. The Morgan fingerprint density at radius 1 is 0.933 bits per heavy atom. The first-order chi connectivity index (χ1) is 14.7. The molecule has 6 heteroatoms. The van der Waals surface area contributed by atoms with Gasteiger partial charge in [0.1, 0.15) is 17.1 Å². The van der Waals surface area contributed by atoms with Gasteiger partial charge >= 0.3 is 0 Å². The van der Waals surface area contributed by atoms with E-state index in [1.54, 1.807) is 20.4 Å². The lowest BCUT2D eigenvalue weighted by molar-refractivity contribution is 0.415. The quantitative estimate of drug-likeness (QED) is 0.411. The van der Waals surface area contributed by atoms with E-state index in [0.717, 1.165) is 56.1 Å². The smallest absolute Gasteiger partial charge is 0.139 e. The number of ether oxygens (including phenoxy) is 2. The third-order valence-electron chi connectivity index (χ3n) is 5.37. The molecule has 0 bridgehead atoms. The Balaban J connectivity index is 1.61. The number of anilines is 2. The molecule has 3 heterocycles. The van der Waals surface area contributed by atoms with Crippen LogP contribution in [0.5, 0.6) is 11.5 Å². The summed E-state index contributed by atoms with van der Waals surface area (Å²) in [6, 6.07) is 18.1. The van der Waals surface area contributed by atoms with Gasteiger partial charge < -0.3 is 24.3 Å². The Morgan fingerprint density at radius 2 is 1.77 bits per heavy atom. The fraction of sp³-hybridized carbons (Fsp3) is 0.125. The summed E-state index contributed by atoms with van der Waals surface area (Å²) in [4.78, 5) is 8.01. The van der Waals surface area contributed by atoms with Crippen LogP contribution in [0.4, 0.5) is 11.4 Å². The second-order valence-electron chi connectivity index (χ2n) is 7.20. The van der Waals surface area contributed by atoms with Crippen molar-refractivity contribution in [3.05, 3.63) is 67.0 Å². The predicted molar refractivity (Wildman–Crippen MR) is 121 cm³/mol. The molecule has 2 N–H and O–H groups in total. The second kappa shape index (κ2) is 7.15. The number of pyridine rings is 1. The van der Waals surface area contributed by atoms with Gasteiger partial charge in [-0.2, -0.15) is 0 Å². The molecule has 0 amide bonds. The summed E-state index contributed by atoms with van der Waals surface area (Å²) in [5.41, 5.74) is 6.03. The molecule has 0 fully saturated rings. The number of nitrogens with zero attached hydrogens (tertiary/aromatic N) is 2. The number of rotatable bonds is 5. The number of aromatic amines is 1. The first-order valence-electron chi connectivity index (χ1n) is 9.68. The highest BCUT2D eigenvalue weighted by molar-refractivity contribution is 6.01. The van der Waals surface area contributed by atoms with E-state index in [1.165, 1.54) is 0 Å². The number of fused-ring (bicyclic) bond motifs is 2. The van der Waals surface area contributed by atoms with Crippen LogP contribution in [-0.2, 0) is 7.05 Å². The van der Waals surface area contributed by atoms with Crippen LogP contribution in [0.2, 0.25) is 0 Å². The average Bonchev–Trinajstić information content (AvgIpc) is 3.35. The van der Waals surface area contributed by atoms with Gasteiger partial charge in [0.2, 0.25) is 0 Å². The Bertz CT molecular complexity index is 1370. The normalized spacial score (nSPS) is 11.2. The predicted octanol–water partition coefficient (Wildman–Crippen LogP) is 5.48. The van der Waals surface area contributed by atoms with Crippen molar-refractivity contribution >= 4 is 33.3 Å². The Labute approximate surface area is 174 Å². The standard InChI is InChI=1S/C24H22N4O2/c1-28-14-20(18-12-17(30-3)7-8-23(18)28)22-13-19-21(9-10-25-24(19)27-22)26-15-5-4-6-16(11-15)29-2/h4-14H,1-3H3,(H2,25,26,27). The van der Waals surface area contributed by atoms with Crippen molar-refractivity contribution in [2.24, 2.45) is 7.05 Å². The zero-order chi connectivity index (χ0) is 20.7. The van der Waals surface area contributed by atoms with E-state index < -0.39 is 0 Å². The monoisotopic (exact) mass is 398 g/mol. The number of H-pyrrole nitrogens is 1. The highest BCUT2D eigenvalue weighted by Gasteiger charge is 2.14. The molecule has 0 unspecified atom stereocenters. The summed E-state index contributed by atoms with van der Waals surface area (Å²) in [7, 11) is 5.41. The molecule has 150 valence electrons. The summed E-state index contributed by atoms with van der Waals surface area (Å²) < 4.78 is 12.9. The number of hydrogen-bond acceptors (Lipinski definition) is 4. The summed E-state index contributed by atoms with van der Waals surface area (Å²) in [5, 5.41) is 5.64. The maximum absolute atomic E-state index is 5.43. The van der Waals surface area contributed by atoms with Crippen LogP contribution in [0.3, 0.4) is 0 Å². The largest absolute Gasteiger partial charge is 0.497 e. The molecule has 0 saturated heterocycles. The summed E-state index contributed by atoms with van der Waals surface area (Å²) in [5.74, 6) is 1.65. The Hall–Kier alpha value is -3.93. The van der Waals surface area contributed by atoms with Crippen LogP contribution in [-0.4, -0.2) is 28.8 Å². The molecule has 6 nitrogen and oxygen atoms in total. The molecule has 30 heavy (non-hydrogen) atoms. The maximum Gasteiger partial charge on any atom is 0.139 e. The molecule has 3 aromatic heterocycles. The average molecular weight is 398 g/mol.